The first-order chi connectivity index (χ1) is 11.6. The van der Waals surface area contributed by atoms with Crippen molar-refractivity contribution in [3.05, 3.63) is 58.6 Å². The van der Waals surface area contributed by atoms with E-state index >= 15 is 0 Å². The van der Waals surface area contributed by atoms with Crippen LogP contribution in [0.3, 0.4) is 0 Å². The van der Waals surface area contributed by atoms with Crippen molar-refractivity contribution in [2.75, 3.05) is 7.11 Å². The third-order valence-electron chi connectivity index (χ3n) is 4.12. The molecule has 0 aliphatic carbocycles. The number of methoxy groups -OCH3 is 1. The van der Waals surface area contributed by atoms with E-state index in [1.54, 1.807) is 12.1 Å². The number of hydrogen-bond donors (Lipinski definition) is 2. The molecule has 0 fully saturated rings. The normalized spacial score (nSPS) is 15.2. The van der Waals surface area contributed by atoms with Crippen LogP contribution in [0.2, 0.25) is 0 Å². The van der Waals surface area contributed by atoms with Crippen molar-refractivity contribution < 1.29 is 23.1 Å². The number of benzene rings is 2. The van der Waals surface area contributed by atoms with Crippen molar-refractivity contribution >= 4 is 31.7 Å². The number of halogens is 1. The molecule has 0 aliphatic rings. The van der Waals surface area contributed by atoms with Gasteiger partial charge in [0, 0.05) is 4.47 Å². The van der Waals surface area contributed by atoms with Crippen LogP contribution in [0.5, 0.6) is 5.75 Å². The summed E-state index contributed by atoms with van der Waals surface area (Å²) in [6, 6.07) is 11.9. The highest BCUT2D eigenvalue weighted by Gasteiger charge is 2.52. The van der Waals surface area contributed by atoms with Gasteiger partial charge in [0.15, 0.2) is 14.6 Å². The molecule has 0 radical (unpaired) electrons. The van der Waals surface area contributed by atoms with Gasteiger partial charge in [-0.3, -0.25) is 4.79 Å². The molecule has 0 saturated carbocycles. The summed E-state index contributed by atoms with van der Waals surface area (Å²) in [5, 5.41) is 10.7. The predicted octanol–water partition coefficient (Wildman–Crippen LogP) is 2.21. The maximum absolute atomic E-state index is 13.1. The van der Waals surface area contributed by atoms with Crippen LogP contribution < -0.4 is 10.5 Å². The summed E-state index contributed by atoms with van der Waals surface area (Å²) < 4.78 is 29.6. The molecule has 2 unspecified atom stereocenters. The summed E-state index contributed by atoms with van der Waals surface area (Å²) in [5.74, 6) is -0.674. The number of primary amides is 1. The highest BCUT2D eigenvalue weighted by atomic mass is 79.9. The van der Waals surface area contributed by atoms with Crippen molar-refractivity contribution in [1.29, 1.82) is 0 Å². The molecular weight excluding hydrogens is 410 g/mol. The smallest absolute Gasteiger partial charge is 0.242 e. The first-order valence-corrected chi connectivity index (χ1v) is 9.54. The lowest BCUT2D eigenvalue weighted by Gasteiger charge is -2.31. The lowest BCUT2D eigenvalue weighted by atomic mass is 9.96. The van der Waals surface area contributed by atoms with Gasteiger partial charge >= 0.3 is 0 Å². The highest BCUT2D eigenvalue weighted by molar-refractivity contribution is 9.10. The first kappa shape index (κ1) is 19.4. The molecule has 0 heterocycles. The van der Waals surface area contributed by atoms with Gasteiger partial charge in [-0.2, -0.15) is 0 Å². The zero-order valence-corrected chi connectivity index (χ0v) is 16.0. The fourth-order valence-electron chi connectivity index (χ4n) is 2.38. The molecule has 0 bridgehead atoms. The Balaban J connectivity index is 2.56. The second-order valence-electron chi connectivity index (χ2n) is 5.60. The third-order valence-corrected chi connectivity index (χ3v) is 7.09. The van der Waals surface area contributed by atoms with Gasteiger partial charge in [0.1, 0.15) is 11.9 Å². The predicted molar refractivity (Wildman–Crippen MR) is 96.9 cm³/mol. The largest absolute Gasteiger partial charge is 0.497 e. The molecule has 1 amide bonds. The minimum absolute atomic E-state index is 0.134. The zero-order chi connectivity index (χ0) is 18.8. The van der Waals surface area contributed by atoms with Crippen molar-refractivity contribution in [1.82, 2.24) is 0 Å². The van der Waals surface area contributed by atoms with Gasteiger partial charge in [-0.25, -0.2) is 8.42 Å². The molecule has 2 aromatic rings. The number of amides is 1. The first-order valence-electron chi connectivity index (χ1n) is 7.26. The van der Waals surface area contributed by atoms with Gasteiger partial charge in [0.05, 0.1) is 12.0 Å². The average Bonchev–Trinajstić information content (AvgIpc) is 2.60. The van der Waals surface area contributed by atoms with Crippen LogP contribution in [-0.2, 0) is 14.6 Å². The van der Waals surface area contributed by atoms with E-state index in [0.717, 1.165) is 11.4 Å². The van der Waals surface area contributed by atoms with Crippen molar-refractivity contribution in [2.24, 2.45) is 5.73 Å². The van der Waals surface area contributed by atoms with Gasteiger partial charge in [0.2, 0.25) is 5.91 Å². The summed E-state index contributed by atoms with van der Waals surface area (Å²) in [6.07, 6.45) is -1.63. The Morgan fingerprint density at radius 3 is 2.12 bits per heavy atom. The minimum atomic E-state index is -4.27. The lowest BCUT2D eigenvalue weighted by molar-refractivity contribution is -0.123. The maximum Gasteiger partial charge on any atom is 0.242 e. The lowest BCUT2D eigenvalue weighted by Crippen LogP contribution is -2.52. The van der Waals surface area contributed by atoms with E-state index in [-0.39, 0.29) is 10.5 Å². The molecule has 3 N–H and O–H groups in total. The number of nitrogens with two attached hydrogens (primary N) is 1. The number of ether oxygens (including phenoxy) is 1. The highest BCUT2D eigenvalue weighted by Crippen LogP contribution is 2.37. The SMILES string of the molecule is COc1ccc(S(=O)(=O)C(C)(C(N)=O)C(O)c2ccc(Br)cc2)cc1. The molecule has 134 valence electrons. The molecule has 0 saturated heterocycles. The standard InChI is InChI=1S/C17H18BrNO5S/c1-17(16(19)21,15(20)11-3-5-12(18)6-4-11)25(22,23)14-9-7-13(24-2)8-10-14/h3-10,15,20H,1-2H3,(H2,19,21). The van der Waals surface area contributed by atoms with E-state index in [0.29, 0.717) is 5.75 Å². The second kappa shape index (κ2) is 7.15. The van der Waals surface area contributed by atoms with E-state index in [1.807, 2.05) is 0 Å². The topological polar surface area (TPSA) is 107 Å². The van der Waals surface area contributed by atoms with Crippen molar-refractivity contribution in [2.45, 2.75) is 22.7 Å². The van der Waals surface area contributed by atoms with Crippen LogP contribution in [0.25, 0.3) is 0 Å². The van der Waals surface area contributed by atoms with E-state index in [1.165, 1.54) is 43.5 Å². The number of aliphatic hydroxyl groups is 1. The number of sulfone groups is 1. The molecule has 0 aliphatic heterocycles. The van der Waals surface area contributed by atoms with Crippen LogP contribution in [0.4, 0.5) is 0 Å². The Hall–Kier alpha value is -1.90. The number of aliphatic hydroxyl groups excluding tert-OH is 1. The number of carbonyl (C=O) groups excluding carboxylic acids is 1. The summed E-state index contributed by atoms with van der Waals surface area (Å²) in [4.78, 5) is 12.0. The van der Waals surface area contributed by atoms with Gasteiger partial charge in [-0.15, -0.1) is 0 Å². The number of rotatable bonds is 6. The quantitative estimate of drug-likeness (QED) is 0.734. The summed E-state index contributed by atoms with van der Waals surface area (Å²) >= 11 is 3.26. The van der Waals surface area contributed by atoms with E-state index < -0.39 is 26.6 Å². The third kappa shape index (κ3) is 3.42. The fraction of sp³-hybridized carbons (Fsp3) is 0.235. The summed E-state index contributed by atoms with van der Waals surface area (Å²) in [6.45, 7) is 1.13. The van der Waals surface area contributed by atoms with E-state index in [4.69, 9.17) is 10.5 Å². The van der Waals surface area contributed by atoms with Crippen LogP contribution >= 0.6 is 15.9 Å². The van der Waals surface area contributed by atoms with Crippen LogP contribution in [0.15, 0.2) is 57.9 Å². The zero-order valence-electron chi connectivity index (χ0n) is 13.6. The van der Waals surface area contributed by atoms with Crippen molar-refractivity contribution in [3.8, 4) is 5.75 Å². The molecule has 0 spiro atoms. The Morgan fingerprint density at radius 1 is 1.16 bits per heavy atom. The average molecular weight is 428 g/mol. The van der Waals surface area contributed by atoms with Gasteiger partial charge in [0.25, 0.3) is 0 Å². The molecule has 2 rings (SSSR count). The van der Waals surface area contributed by atoms with Gasteiger partial charge < -0.3 is 15.6 Å². The van der Waals surface area contributed by atoms with Gasteiger partial charge in [-0.1, -0.05) is 28.1 Å². The van der Waals surface area contributed by atoms with E-state index in [2.05, 4.69) is 15.9 Å². The monoisotopic (exact) mass is 427 g/mol. The van der Waals surface area contributed by atoms with Crippen LogP contribution in [0.1, 0.15) is 18.6 Å². The Bertz CT molecular complexity index is 865. The molecule has 25 heavy (non-hydrogen) atoms. The number of hydrogen-bond acceptors (Lipinski definition) is 5. The molecule has 8 heteroatoms. The summed E-state index contributed by atoms with van der Waals surface area (Å²) in [7, 11) is -2.82. The minimum Gasteiger partial charge on any atom is -0.497 e. The van der Waals surface area contributed by atoms with Crippen LogP contribution in [-0.4, -0.2) is 31.3 Å². The molecule has 2 aromatic carbocycles. The second-order valence-corrected chi connectivity index (χ2v) is 8.85. The fourth-order valence-corrected chi connectivity index (χ4v) is 4.32. The number of carbonyl (C=O) groups is 1. The van der Waals surface area contributed by atoms with E-state index in [9.17, 15) is 18.3 Å². The Morgan fingerprint density at radius 2 is 1.68 bits per heavy atom. The van der Waals surface area contributed by atoms with Crippen molar-refractivity contribution in [3.63, 3.8) is 0 Å². The summed E-state index contributed by atoms with van der Waals surface area (Å²) in [5.41, 5.74) is 5.67. The molecule has 0 aromatic heterocycles. The van der Waals surface area contributed by atoms with Gasteiger partial charge in [-0.05, 0) is 48.9 Å². The Kier molecular flexibility index (Phi) is 5.55. The maximum atomic E-state index is 13.1. The molecule has 2 atom stereocenters. The molecular formula is C17H18BrNO5S. The Labute approximate surface area is 154 Å². The van der Waals surface area contributed by atoms with Crippen LogP contribution in [0, 0.1) is 0 Å². The molecule has 6 nitrogen and oxygen atoms in total.